The zero-order chi connectivity index (χ0) is 23.5. The van der Waals surface area contributed by atoms with Gasteiger partial charge in [-0.3, -0.25) is 0 Å². The smallest absolute Gasteiger partial charge is 0.363 e. The number of benzene rings is 3. The normalized spacial score (nSPS) is 14.1. The average molecular weight is 571 g/mol. The zero-order valence-corrected chi connectivity index (χ0v) is 20.8. The zero-order valence-electron chi connectivity index (χ0n) is 17.6. The van der Waals surface area contributed by atoms with Gasteiger partial charge in [0.05, 0.1) is 17.1 Å². The Kier molecular flexibility index (Phi) is 6.76. The highest BCUT2D eigenvalue weighted by molar-refractivity contribution is 9.11. The molecule has 166 valence electrons. The summed E-state index contributed by atoms with van der Waals surface area (Å²) in [5.74, 6) is -0.0895. The van der Waals surface area contributed by atoms with Crippen LogP contribution in [0.3, 0.4) is 0 Å². The molecule has 6 nitrogen and oxygen atoms in total. The molecule has 33 heavy (non-hydrogen) atoms. The number of methoxy groups -OCH3 is 1. The molecular weight excluding hydrogens is 554 g/mol. The van der Waals surface area contributed by atoms with E-state index in [1.807, 2.05) is 13.0 Å². The average Bonchev–Trinajstić information content (AvgIpc) is 3.16. The third-order valence-electron chi connectivity index (χ3n) is 4.72. The molecule has 1 aliphatic heterocycles. The Morgan fingerprint density at radius 3 is 2.61 bits per heavy atom. The summed E-state index contributed by atoms with van der Waals surface area (Å²) in [6, 6.07) is 17.6. The fourth-order valence-electron chi connectivity index (χ4n) is 3.15. The van der Waals surface area contributed by atoms with Crippen LogP contribution in [0, 0.1) is 6.92 Å². The van der Waals surface area contributed by atoms with Crippen molar-refractivity contribution in [3.63, 3.8) is 0 Å². The Morgan fingerprint density at radius 1 is 1.06 bits per heavy atom. The summed E-state index contributed by atoms with van der Waals surface area (Å²) in [6.07, 6.45) is 1.52. The lowest BCUT2D eigenvalue weighted by atomic mass is 10.1. The lowest BCUT2D eigenvalue weighted by Gasteiger charge is -2.11. The van der Waals surface area contributed by atoms with Crippen LogP contribution in [-0.4, -0.2) is 24.9 Å². The lowest BCUT2D eigenvalue weighted by molar-refractivity contribution is -0.129. The molecule has 0 radical (unpaired) electrons. The van der Waals surface area contributed by atoms with E-state index in [1.54, 1.807) is 61.7 Å². The summed E-state index contributed by atoms with van der Waals surface area (Å²) >= 11 is 6.87. The molecule has 0 aromatic heterocycles. The first-order valence-corrected chi connectivity index (χ1v) is 11.4. The van der Waals surface area contributed by atoms with Crippen LogP contribution in [0.15, 0.2) is 80.3 Å². The van der Waals surface area contributed by atoms with Crippen molar-refractivity contribution in [3.8, 4) is 11.5 Å². The Balaban J connectivity index is 1.70. The minimum Gasteiger partial charge on any atom is -0.497 e. The molecule has 0 unspecified atom stereocenters. The quantitative estimate of drug-likeness (QED) is 0.211. The molecule has 0 spiro atoms. The maximum atomic E-state index is 12.7. The highest BCUT2D eigenvalue weighted by atomic mass is 79.9. The number of carbonyl (C=O) groups excluding carboxylic acids is 2. The minimum atomic E-state index is -0.611. The number of aryl methyl sites for hydroxylation is 1. The fourth-order valence-corrected chi connectivity index (χ4v) is 4.49. The molecule has 0 aliphatic carbocycles. The number of hydrogen-bond donors (Lipinski definition) is 0. The van der Waals surface area contributed by atoms with E-state index in [1.165, 1.54) is 6.08 Å². The van der Waals surface area contributed by atoms with E-state index in [0.717, 1.165) is 10.0 Å². The molecule has 1 aliphatic rings. The second-order valence-electron chi connectivity index (χ2n) is 7.13. The molecule has 0 saturated carbocycles. The van der Waals surface area contributed by atoms with Crippen molar-refractivity contribution in [1.29, 1.82) is 0 Å². The van der Waals surface area contributed by atoms with Crippen LogP contribution in [0.4, 0.5) is 0 Å². The van der Waals surface area contributed by atoms with Gasteiger partial charge in [-0.2, -0.15) is 0 Å². The molecule has 0 amide bonds. The van der Waals surface area contributed by atoms with Crippen LogP contribution in [0.1, 0.15) is 27.0 Å². The summed E-state index contributed by atoms with van der Waals surface area (Å²) in [4.78, 5) is 29.6. The van der Waals surface area contributed by atoms with Gasteiger partial charge in [0.2, 0.25) is 5.90 Å². The van der Waals surface area contributed by atoms with Crippen LogP contribution in [-0.2, 0) is 9.53 Å². The summed E-state index contributed by atoms with van der Waals surface area (Å²) in [5.41, 5.74) is 2.51. The molecule has 3 aromatic rings. The summed E-state index contributed by atoms with van der Waals surface area (Å²) < 4.78 is 17.5. The SMILES string of the molecule is COc1cccc(C2=N/C(=C\c3cc(Br)cc(Br)c3OC(=O)c3cccc(C)c3)C(=O)O2)c1. The third kappa shape index (κ3) is 5.23. The predicted molar refractivity (Wildman–Crippen MR) is 132 cm³/mol. The first-order chi connectivity index (χ1) is 15.8. The monoisotopic (exact) mass is 569 g/mol. The van der Waals surface area contributed by atoms with E-state index in [-0.39, 0.29) is 17.3 Å². The van der Waals surface area contributed by atoms with Crippen LogP contribution in [0.5, 0.6) is 11.5 Å². The molecular formula is C25H17Br2NO5. The first-order valence-electron chi connectivity index (χ1n) is 9.79. The lowest BCUT2D eigenvalue weighted by Crippen LogP contribution is -2.10. The Labute approximate surface area is 207 Å². The maximum Gasteiger partial charge on any atom is 0.363 e. The van der Waals surface area contributed by atoms with Crippen molar-refractivity contribution in [2.75, 3.05) is 7.11 Å². The largest absolute Gasteiger partial charge is 0.497 e. The number of rotatable bonds is 5. The van der Waals surface area contributed by atoms with Crippen molar-refractivity contribution in [2.24, 2.45) is 4.99 Å². The molecule has 0 N–H and O–H groups in total. The van der Waals surface area contributed by atoms with Gasteiger partial charge in [-0.05, 0) is 71.4 Å². The van der Waals surface area contributed by atoms with Crippen molar-refractivity contribution in [3.05, 3.63) is 97.6 Å². The van der Waals surface area contributed by atoms with Gasteiger partial charge in [-0.15, -0.1) is 0 Å². The number of hydrogen-bond acceptors (Lipinski definition) is 6. The predicted octanol–water partition coefficient (Wildman–Crippen LogP) is 6.09. The van der Waals surface area contributed by atoms with Gasteiger partial charge in [0, 0.05) is 15.6 Å². The second kappa shape index (κ2) is 9.72. The number of ether oxygens (including phenoxy) is 3. The van der Waals surface area contributed by atoms with Crippen LogP contribution in [0.25, 0.3) is 6.08 Å². The molecule has 8 heteroatoms. The van der Waals surface area contributed by atoms with E-state index >= 15 is 0 Å². The molecule has 0 bridgehead atoms. The molecule has 0 fully saturated rings. The molecule has 3 aromatic carbocycles. The fraction of sp³-hybridized carbons (Fsp3) is 0.0800. The van der Waals surface area contributed by atoms with E-state index in [0.29, 0.717) is 26.9 Å². The maximum absolute atomic E-state index is 12.7. The number of aliphatic imine (C=N–C) groups is 1. The van der Waals surface area contributed by atoms with Crippen LogP contribution in [0.2, 0.25) is 0 Å². The molecule has 0 saturated heterocycles. The van der Waals surface area contributed by atoms with Crippen LogP contribution < -0.4 is 9.47 Å². The first kappa shape index (κ1) is 22.9. The van der Waals surface area contributed by atoms with Crippen molar-refractivity contribution < 1.29 is 23.8 Å². The van der Waals surface area contributed by atoms with Gasteiger partial charge < -0.3 is 14.2 Å². The molecule has 1 heterocycles. The highest BCUT2D eigenvalue weighted by Crippen LogP contribution is 2.36. The van der Waals surface area contributed by atoms with Gasteiger partial charge in [-0.1, -0.05) is 39.7 Å². The van der Waals surface area contributed by atoms with Gasteiger partial charge in [0.15, 0.2) is 11.4 Å². The number of halogens is 2. The van der Waals surface area contributed by atoms with Gasteiger partial charge in [0.25, 0.3) is 0 Å². The van der Waals surface area contributed by atoms with E-state index in [9.17, 15) is 9.59 Å². The second-order valence-corrected chi connectivity index (χ2v) is 8.90. The van der Waals surface area contributed by atoms with Crippen molar-refractivity contribution in [2.45, 2.75) is 6.92 Å². The summed E-state index contributed by atoms with van der Waals surface area (Å²) in [6.45, 7) is 1.89. The highest BCUT2D eigenvalue weighted by Gasteiger charge is 2.26. The minimum absolute atomic E-state index is 0.0747. The third-order valence-corrected chi connectivity index (χ3v) is 5.76. The summed E-state index contributed by atoms with van der Waals surface area (Å²) in [5, 5.41) is 0. The standard InChI is InChI=1S/C25H17Br2NO5/c1-14-5-3-7-16(9-14)24(29)32-22-17(10-18(26)13-20(22)27)12-21-25(30)33-23(28-21)15-6-4-8-19(11-15)31-2/h3-13H,1-2H3/b21-12-. The van der Waals surface area contributed by atoms with E-state index in [2.05, 4.69) is 36.9 Å². The Hall–Kier alpha value is -3.23. The number of nitrogens with zero attached hydrogens (tertiary/aromatic N) is 1. The topological polar surface area (TPSA) is 74.2 Å². The van der Waals surface area contributed by atoms with Crippen molar-refractivity contribution in [1.82, 2.24) is 0 Å². The summed E-state index contributed by atoms with van der Waals surface area (Å²) in [7, 11) is 1.55. The molecule has 4 rings (SSSR count). The van der Waals surface area contributed by atoms with Gasteiger partial charge in [-0.25, -0.2) is 14.6 Å². The van der Waals surface area contributed by atoms with Gasteiger partial charge >= 0.3 is 11.9 Å². The number of cyclic esters (lactones) is 1. The Morgan fingerprint density at radius 2 is 1.85 bits per heavy atom. The number of esters is 2. The van der Waals surface area contributed by atoms with E-state index < -0.39 is 11.9 Å². The van der Waals surface area contributed by atoms with E-state index in [4.69, 9.17) is 14.2 Å². The molecule has 0 atom stereocenters. The van der Waals surface area contributed by atoms with Crippen molar-refractivity contribution >= 4 is 55.8 Å². The van der Waals surface area contributed by atoms with Crippen LogP contribution >= 0.6 is 31.9 Å². The van der Waals surface area contributed by atoms with Gasteiger partial charge in [0.1, 0.15) is 5.75 Å². The number of carbonyl (C=O) groups is 2. The Bertz CT molecular complexity index is 1330.